The van der Waals surface area contributed by atoms with E-state index in [0.717, 1.165) is 49.7 Å². The molecule has 2 bridgehead atoms. The molecule has 4 heterocycles. The predicted octanol–water partition coefficient (Wildman–Crippen LogP) is 7.41. The first-order valence-electron chi connectivity index (χ1n) is 13.5. The maximum absolute atomic E-state index is 13.8. The topological polar surface area (TPSA) is 78.4 Å². The van der Waals surface area contributed by atoms with Gasteiger partial charge in [-0.05, 0) is 62.1 Å². The first kappa shape index (κ1) is 27.6. The second-order valence-corrected chi connectivity index (χ2v) is 11.0. The minimum Gasteiger partial charge on any atom is -0.478 e. The molecule has 2 aliphatic heterocycles. The van der Waals surface area contributed by atoms with Crippen molar-refractivity contribution in [2.45, 2.75) is 81.6 Å². The molecule has 1 saturated carbocycles. The number of nitrogens with zero attached hydrogens (tertiary/aromatic N) is 2. The zero-order valence-electron chi connectivity index (χ0n) is 21.7. The Labute approximate surface area is 231 Å². The first-order chi connectivity index (χ1) is 19.4. The molecule has 0 amide bonds. The van der Waals surface area contributed by atoms with E-state index in [2.05, 4.69) is 9.97 Å². The quantitative estimate of drug-likeness (QED) is 0.285. The SMILES string of the molecule is O=C(O)c1cnc(N2C3CCC2CC(OCc2c(-c4ccccc4C(F)(F)F)c[nH]c2C2CC2)C3)cc1C(F)(F)F. The third-order valence-corrected chi connectivity index (χ3v) is 8.37. The van der Waals surface area contributed by atoms with Crippen molar-refractivity contribution in [2.24, 2.45) is 0 Å². The third kappa shape index (κ3) is 5.29. The van der Waals surface area contributed by atoms with Crippen molar-refractivity contribution < 1.29 is 41.0 Å². The van der Waals surface area contributed by atoms with Crippen molar-refractivity contribution in [3.05, 3.63) is 70.7 Å². The minimum absolute atomic E-state index is 0.0842. The zero-order chi connectivity index (χ0) is 29.1. The van der Waals surface area contributed by atoms with Gasteiger partial charge in [-0.2, -0.15) is 26.3 Å². The summed E-state index contributed by atoms with van der Waals surface area (Å²) in [5.74, 6) is -1.36. The molecule has 2 N–H and O–H groups in total. The number of fused-ring (bicyclic) bond motifs is 2. The number of benzene rings is 1. The number of carboxylic acid groups (broad SMARTS) is 1. The fraction of sp³-hybridized carbons (Fsp3) is 0.448. The van der Waals surface area contributed by atoms with E-state index in [1.54, 1.807) is 12.3 Å². The second-order valence-electron chi connectivity index (χ2n) is 11.0. The van der Waals surface area contributed by atoms with Gasteiger partial charge < -0.3 is 19.7 Å². The molecule has 2 unspecified atom stereocenters. The van der Waals surface area contributed by atoms with Crippen molar-refractivity contribution >= 4 is 11.8 Å². The molecular formula is C29H27F6N3O3. The maximum atomic E-state index is 13.8. The Kier molecular flexibility index (Phi) is 6.79. The number of pyridine rings is 1. The molecule has 3 aliphatic rings. The number of halogens is 6. The number of carbonyl (C=O) groups is 1. The van der Waals surface area contributed by atoms with Crippen LogP contribution in [0.5, 0.6) is 0 Å². The Morgan fingerprint density at radius 2 is 1.63 bits per heavy atom. The van der Waals surface area contributed by atoms with Crippen molar-refractivity contribution in [1.29, 1.82) is 0 Å². The van der Waals surface area contributed by atoms with Gasteiger partial charge in [0.2, 0.25) is 0 Å². The Hall–Kier alpha value is -3.54. The average Bonchev–Trinajstić information content (AvgIpc) is 3.61. The van der Waals surface area contributed by atoms with Crippen LogP contribution in [0.25, 0.3) is 11.1 Å². The molecule has 6 nitrogen and oxygen atoms in total. The van der Waals surface area contributed by atoms with Crippen LogP contribution in [0.1, 0.15) is 77.2 Å². The van der Waals surface area contributed by atoms with Gasteiger partial charge in [0.25, 0.3) is 0 Å². The number of nitrogens with one attached hydrogen (secondary N) is 1. The van der Waals surface area contributed by atoms with E-state index in [4.69, 9.17) is 4.74 Å². The minimum atomic E-state index is -4.84. The summed E-state index contributed by atoms with van der Waals surface area (Å²) in [5, 5.41) is 9.20. The number of carboxylic acids is 1. The van der Waals surface area contributed by atoms with Crippen molar-refractivity contribution in [2.75, 3.05) is 4.90 Å². The number of piperidine rings is 1. The van der Waals surface area contributed by atoms with Gasteiger partial charge in [-0.3, -0.25) is 0 Å². The van der Waals surface area contributed by atoms with E-state index in [1.165, 1.54) is 12.1 Å². The molecule has 12 heteroatoms. The van der Waals surface area contributed by atoms with Crippen LogP contribution >= 0.6 is 0 Å². The molecule has 3 aromatic rings. The van der Waals surface area contributed by atoms with Crippen LogP contribution in [-0.2, 0) is 23.7 Å². The Morgan fingerprint density at radius 1 is 0.976 bits per heavy atom. The standard InChI is InChI=1S/C29H27F6N3O3/c30-28(31,32)23-4-2-1-3-19(23)20-12-37-26(15-5-6-15)22(20)14-41-18-9-16-7-8-17(10-18)38(16)25-11-24(29(33,34)35)21(13-36-25)27(39)40/h1-4,11-13,15-18,37H,5-10,14H2,(H,39,40). The van der Waals surface area contributed by atoms with Gasteiger partial charge in [-0.1, -0.05) is 18.2 Å². The highest BCUT2D eigenvalue weighted by Crippen LogP contribution is 2.47. The number of alkyl halides is 6. The fourth-order valence-electron chi connectivity index (χ4n) is 6.40. The summed E-state index contributed by atoms with van der Waals surface area (Å²) in [6, 6.07) is 5.98. The molecule has 0 spiro atoms. The molecule has 2 aromatic heterocycles. The van der Waals surface area contributed by atoms with Gasteiger partial charge in [-0.15, -0.1) is 0 Å². The maximum Gasteiger partial charge on any atom is 0.417 e. The molecule has 218 valence electrons. The number of aromatic carboxylic acids is 1. The van der Waals surface area contributed by atoms with Crippen molar-refractivity contribution in [3.8, 4) is 11.1 Å². The number of H-pyrrole nitrogens is 1. The number of rotatable bonds is 7. The molecular weight excluding hydrogens is 552 g/mol. The van der Waals surface area contributed by atoms with Gasteiger partial charge in [0.05, 0.1) is 29.4 Å². The lowest BCUT2D eigenvalue weighted by molar-refractivity contribution is -0.138. The van der Waals surface area contributed by atoms with Crippen LogP contribution in [0, 0.1) is 0 Å². The largest absolute Gasteiger partial charge is 0.478 e. The van der Waals surface area contributed by atoms with Crippen LogP contribution < -0.4 is 4.90 Å². The molecule has 6 rings (SSSR count). The molecule has 1 aromatic carbocycles. The zero-order valence-corrected chi connectivity index (χ0v) is 21.7. The van der Waals surface area contributed by atoms with E-state index >= 15 is 0 Å². The number of aromatic nitrogens is 2. The van der Waals surface area contributed by atoms with E-state index in [1.807, 2.05) is 4.90 Å². The van der Waals surface area contributed by atoms with Crippen LogP contribution in [0.3, 0.4) is 0 Å². The second kappa shape index (κ2) is 10.1. The van der Waals surface area contributed by atoms with E-state index in [0.29, 0.717) is 24.0 Å². The number of ether oxygens (including phenoxy) is 1. The normalized spacial score (nSPS) is 22.8. The Bertz CT molecular complexity index is 1450. The monoisotopic (exact) mass is 579 g/mol. The summed E-state index contributed by atoms with van der Waals surface area (Å²) in [6.45, 7) is 0.116. The summed E-state index contributed by atoms with van der Waals surface area (Å²) in [5.41, 5.74) is -0.698. The number of aromatic amines is 1. The van der Waals surface area contributed by atoms with Crippen molar-refractivity contribution in [3.63, 3.8) is 0 Å². The van der Waals surface area contributed by atoms with Gasteiger partial charge in [0.1, 0.15) is 5.82 Å². The van der Waals surface area contributed by atoms with Gasteiger partial charge >= 0.3 is 18.3 Å². The van der Waals surface area contributed by atoms with Crippen molar-refractivity contribution in [1.82, 2.24) is 9.97 Å². The summed E-state index contributed by atoms with van der Waals surface area (Å²) in [6.07, 6.45) is -2.86. The van der Waals surface area contributed by atoms with Crippen LogP contribution in [0.4, 0.5) is 32.2 Å². The highest BCUT2D eigenvalue weighted by Gasteiger charge is 2.44. The lowest BCUT2D eigenvalue weighted by atomic mass is 9.96. The highest BCUT2D eigenvalue weighted by molar-refractivity contribution is 5.89. The summed E-state index contributed by atoms with van der Waals surface area (Å²) in [7, 11) is 0. The van der Waals surface area contributed by atoms with E-state index in [9.17, 15) is 36.2 Å². The smallest absolute Gasteiger partial charge is 0.417 e. The Balaban J connectivity index is 1.22. The van der Waals surface area contributed by atoms with E-state index < -0.39 is 35.0 Å². The van der Waals surface area contributed by atoms with Gasteiger partial charge in [0.15, 0.2) is 0 Å². The lowest BCUT2D eigenvalue weighted by Crippen LogP contribution is -2.46. The number of anilines is 1. The summed E-state index contributed by atoms with van der Waals surface area (Å²) < 4.78 is 88.5. The fourth-order valence-corrected chi connectivity index (χ4v) is 6.40. The first-order valence-corrected chi connectivity index (χ1v) is 13.5. The average molecular weight is 580 g/mol. The van der Waals surface area contributed by atoms with E-state index in [-0.39, 0.29) is 42.1 Å². The Morgan fingerprint density at radius 3 is 2.24 bits per heavy atom. The highest BCUT2D eigenvalue weighted by atomic mass is 19.4. The molecule has 1 aliphatic carbocycles. The van der Waals surface area contributed by atoms with Crippen LogP contribution in [-0.4, -0.2) is 39.2 Å². The van der Waals surface area contributed by atoms with Gasteiger partial charge in [-0.25, -0.2) is 9.78 Å². The van der Waals surface area contributed by atoms with Gasteiger partial charge in [0, 0.05) is 41.3 Å². The predicted molar refractivity (Wildman–Crippen MR) is 137 cm³/mol. The molecule has 2 saturated heterocycles. The lowest BCUT2D eigenvalue weighted by Gasteiger charge is -2.40. The van der Waals surface area contributed by atoms with Crippen LogP contribution in [0.15, 0.2) is 42.7 Å². The molecule has 2 atom stereocenters. The third-order valence-electron chi connectivity index (χ3n) is 8.37. The molecule has 41 heavy (non-hydrogen) atoms. The molecule has 3 fully saturated rings. The number of hydrogen-bond acceptors (Lipinski definition) is 4. The van der Waals surface area contributed by atoms with Crippen LogP contribution in [0.2, 0.25) is 0 Å². The molecule has 0 radical (unpaired) electrons. The summed E-state index contributed by atoms with van der Waals surface area (Å²) in [4.78, 5) is 20.4. The number of hydrogen-bond donors (Lipinski definition) is 2. The summed E-state index contributed by atoms with van der Waals surface area (Å²) >= 11 is 0.